The molecule has 0 bridgehead atoms. The summed E-state index contributed by atoms with van der Waals surface area (Å²) in [7, 11) is 0. The van der Waals surface area contributed by atoms with E-state index >= 15 is 0 Å². The van der Waals surface area contributed by atoms with Crippen molar-refractivity contribution in [2.24, 2.45) is 11.3 Å². The SMILES string of the molecule is CC(C)(C)OC(=O)C1(C)CC(C=O)C1. The van der Waals surface area contributed by atoms with Gasteiger partial charge in [0.25, 0.3) is 0 Å². The molecule has 0 atom stereocenters. The molecule has 0 aromatic heterocycles. The maximum atomic E-state index is 11.7. The molecular weight excluding hydrogens is 180 g/mol. The average molecular weight is 198 g/mol. The molecule has 0 amide bonds. The molecule has 14 heavy (non-hydrogen) atoms. The fourth-order valence-corrected chi connectivity index (χ4v) is 1.76. The first kappa shape index (κ1) is 11.2. The molecule has 0 N–H and O–H groups in total. The van der Waals surface area contributed by atoms with Crippen molar-refractivity contribution >= 4 is 12.3 Å². The lowest BCUT2D eigenvalue weighted by Crippen LogP contribution is -2.45. The first-order chi connectivity index (χ1) is 6.27. The van der Waals surface area contributed by atoms with Gasteiger partial charge in [0.15, 0.2) is 0 Å². The average Bonchev–Trinajstić information content (AvgIpc) is 1.94. The number of ether oxygens (including phenoxy) is 1. The van der Waals surface area contributed by atoms with Gasteiger partial charge in [-0.3, -0.25) is 4.79 Å². The van der Waals surface area contributed by atoms with Crippen molar-refractivity contribution in [3.05, 3.63) is 0 Å². The van der Waals surface area contributed by atoms with Crippen molar-refractivity contribution < 1.29 is 14.3 Å². The normalized spacial score (nSPS) is 31.9. The Hall–Kier alpha value is -0.860. The first-order valence-electron chi connectivity index (χ1n) is 4.96. The third-order valence-electron chi connectivity index (χ3n) is 2.51. The van der Waals surface area contributed by atoms with E-state index in [1.165, 1.54) is 0 Å². The molecule has 3 heteroatoms. The minimum absolute atomic E-state index is 0.0486. The van der Waals surface area contributed by atoms with E-state index in [2.05, 4.69) is 0 Å². The lowest BCUT2D eigenvalue weighted by atomic mass is 9.64. The summed E-state index contributed by atoms with van der Waals surface area (Å²) in [6.45, 7) is 7.42. The van der Waals surface area contributed by atoms with E-state index in [0.29, 0.717) is 12.8 Å². The molecule has 0 heterocycles. The monoisotopic (exact) mass is 198 g/mol. The molecule has 0 spiro atoms. The molecule has 0 radical (unpaired) electrons. The molecule has 3 nitrogen and oxygen atoms in total. The van der Waals surface area contributed by atoms with Gasteiger partial charge in [0.1, 0.15) is 11.9 Å². The predicted octanol–water partition coefficient (Wildman–Crippen LogP) is 1.94. The Morgan fingerprint density at radius 3 is 2.29 bits per heavy atom. The Morgan fingerprint density at radius 1 is 1.43 bits per heavy atom. The largest absolute Gasteiger partial charge is 0.460 e. The zero-order chi connectivity index (χ0) is 11.0. The van der Waals surface area contributed by atoms with E-state index < -0.39 is 11.0 Å². The Balaban J connectivity index is 2.51. The number of rotatable bonds is 2. The molecule has 1 aliphatic rings. The number of esters is 1. The molecule has 0 aromatic carbocycles. The van der Waals surface area contributed by atoms with Gasteiger partial charge >= 0.3 is 5.97 Å². The Morgan fingerprint density at radius 2 is 1.93 bits per heavy atom. The number of carbonyl (C=O) groups is 2. The van der Waals surface area contributed by atoms with Crippen LogP contribution in [-0.2, 0) is 14.3 Å². The quantitative estimate of drug-likeness (QED) is 0.503. The Labute approximate surface area is 84.8 Å². The standard InChI is InChI=1S/C11H18O3/c1-10(2,3)14-9(13)11(4)5-8(6-11)7-12/h7-8H,5-6H2,1-4H3. The summed E-state index contributed by atoms with van der Waals surface area (Å²) in [5, 5.41) is 0. The summed E-state index contributed by atoms with van der Waals surface area (Å²) in [5.74, 6) is -0.129. The first-order valence-corrected chi connectivity index (χ1v) is 4.96. The number of carbonyl (C=O) groups excluding carboxylic acids is 2. The maximum Gasteiger partial charge on any atom is 0.312 e. The van der Waals surface area contributed by atoms with Crippen LogP contribution >= 0.6 is 0 Å². The van der Waals surface area contributed by atoms with E-state index in [0.717, 1.165) is 6.29 Å². The summed E-state index contributed by atoms with van der Waals surface area (Å²) in [5.41, 5.74) is -0.870. The van der Waals surface area contributed by atoms with Crippen LogP contribution in [0.4, 0.5) is 0 Å². The second-order valence-electron chi connectivity index (χ2n) is 5.37. The van der Waals surface area contributed by atoms with Crippen LogP contribution in [0.5, 0.6) is 0 Å². The van der Waals surface area contributed by atoms with Gasteiger partial charge in [-0.05, 0) is 40.5 Å². The number of hydrogen-bond donors (Lipinski definition) is 0. The van der Waals surface area contributed by atoms with E-state index in [9.17, 15) is 9.59 Å². The summed E-state index contributed by atoms with van der Waals surface area (Å²) in [4.78, 5) is 22.1. The van der Waals surface area contributed by atoms with Crippen molar-refractivity contribution in [2.45, 2.75) is 46.1 Å². The lowest BCUT2D eigenvalue weighted by molar-refractivity contribution is -0.175. The van der Waals surface area contributed by atoms with Crippen molar-refractivity contribution in [1.82, 2.24) is 0 Å². The maximum absolute atomic E-state index is 11.7. The molecule has 0 aromatic rings. The van der Waals surface area contributed by atoms with Gasteiger partial charge < -0.3 is 9.53 Å². The van der Waals surface area contributed by atoms with E-state index in [4.69, 9.17) is 4.74 Å². The highest BCUT2D eigenvalue weighted by molar-refractivity contribution is 5.79. The van der Waals surface area contributed by atoms with Gasteiger partial charge in [-0.25, -0.2) is 0 Å². The summed E-state index contributed by atoms with van der Waals surface area (Å²) in [6.07, 6.45) is 2.18. The highest BCUT2D eigenvalue weighted by atomic mass is 16.6. The van der Waals surface area contributed by atoms with Gasteiger partial charge in [0, 0.05) is 5.92 Å². The summed E-state index contributed by atoms with van der Waals surface area (Å²) in [6, 6.07) is 0. The fourth-order valence-electron chi connectivity index (χ4n) is 1.76. The second-order valence-corrected chi connectivity index (χ2v) is 5.37. The Kier molecular flexibility index (Phi) is 2.70. The van der Waals surface area contributed by atoms with Crippen LogP contribution in [0.25, 0.3) is 0 Å². The topological polar surface area (TPSA) is 43.4 Å². The molecule has 0 saturated heterocycles. The van der Waals surface area contributed by atoms with Crippen LogP contribution in [-0.4, -0.2) is 17.9 Å². The fraction of sp³-hybridized carbons (Fsp3) is 0.818. The minimum Gasteiger partial charge on any atom is -0.460 e. The smallest absolute Gasteiger partial charge is 0.312 e. The molecule has 0 aliphatic heterocycles. The van der Waals surface area contributed by atoms with Crippen molar-refractivity contribution in [2.75, 3.05) is 0 Å². The molecule has 1 aliphatic carbocycles. The van der Waals surface area contributed by atoms with E-state index in [1.807, 2.05) is 27.7 Å². The zero-order valence-electron chi connectivity index (χ0n) is 9.29. The summed E-state index contributed by atoms with van der Waals surface area (Å²) >= 11 is 0. The van der Waals surface area contributed by atoms with E-state index in [1.54, 1.807) is 0 Å². The van der Waals surface area contributed by atoms with Crippen LogP contribution in [0.1, 0.15) is 40.5 Å². The van der Waals surface area contributed by atoms with Gasteiger partial charge in [-0.1, -0.05) is 0 Å². The lowest BCUT2D eigenvalue weighted by Gasteiger charge is -2.41. The van der Waals surface area contributed by atoms with Crippen molar-refractivity contribution in [1.29, 1.82) is 0 Å². The molecule has 1 rings (SSSR count). The third-order valence-corrected chi connectivity index (χ3v) is 2.51. The van der Waals surface area contributed by atoms with Crippen LogP contribution < -0.4 is 0 Å². The predicted molar refractivity (Wildman–Crippen MR) is 52.7 cm³/mol. The van der Waals surface area contributed by atoms with Crippen molar-refractivity contribution in [3.8, 4) is 0 Å². The minimum atomic E-state index is -0.438. The van der Waals surface area contributed by atoms with Gasteiger partial charge in [-0.15, -0.1) is 0 Å². The van der Waals surface area contributed by atoms with Crippen LogP contribution in [0.3, 0.4) is 0 Å². The number of hydrogen-bond acceptors (Lipinski definition) is 3. The highest BCUT2D eigenvalue weighted by Crippen LogP contribution is 2.45. The Bertz CT molecular complexity index is 244. The van der Waals surface area contributed by atoms with Crippen molar-refractivity contribution in [3.63, 3.8) is 0 Å². The number of aldehydes is 1. The molecule has 1 saturated carbocycles. The molecule has 0 unspecified atom stereocenters. The van der Waals surface area contributed by atoms with E-state index in [-0.39, 0.29) is 11.9 Å². The van der Waals surface area contributed by atoms with Crippen LogP contribution in [0, 0.1) is 11.3 Å². The van der Waals surface area contributed by atoms with Crippen LogP contribution in [0.2, 0.25) is 0 Å². The summed E-state index contributed by atoms with van der Waals surface area (Å²) < 4.78 is 5.28. The van der Waals surface area contributed by atoms with Gasteiger partial charge in [0.2, 0.25) is 0 Å². The highest BCUT2D eigenvalue weighted by Gasteiger charge is 2.48. The molecule has 1 fully saturated rings. The zero-order valence-corrected chi connectivity index (χ0v) is 9.29. The second kappa shape index (κ2) is 3.37. The van der Waals surface area contributed by atoms with Gasteiger partial charge in [0.05, 0.1) is 5.41 Å². The molecule has 80 valence electrons. The third kappa shape index (κ3) is 2.34. The van der Waals surface area contributed by atoms with Crippen LogP contribution in [0.15, 0.2) is 0 Å². The van der Waals surface area contributed by atoms with Gasteiger partial charge in [-0.2, -0.15) is 0 Å². The molecular formula is C11H18O3.